The zero-order valence-corrected chi connectivity index (χ0v) is 16.4. The van der Waals surface area contributed by atoms with E-state index in [1.165, 1.54) is 0 Å². The molecular formula is C22H24N2O5. The minimum absolute atomic E-state index is 0.0545. The zero-order chi connectivity index (χ0) is 20.8. The lowest BCUT2D eigenvalue weighted by Crippen LogP contribution is -2.44. The van der Waals surface area contributed by atoms with E-state index in [0.29, 0.717) is 0 Å². The number of amides is 3. The Hall–Kier alpha value is -3.35. The smallest absolute Gasteiger partial charge is 0.417 e. The van der Waals surface area contributed by atoms with Gasteiger partial charge in [0.15, 0.2) is 0 Å². The molecule has 2 aromatic rings. The third-order valence-corrected chi connectivity index (χ3v) is 4.82. The van der Waals surface area contributed by atoms with Gasteiger partial charge in [0.05, 0.1) is 12.0 Å². The summed E-state index contributed by atoms with van der Waals surface area (Å²) in [7, 11) is 0. The van der Waals surface area contributed by atoms with Crippen LogP contribution >= 0.6 is 0 Å². The Labute approximate surface area is 169 Å². The first-order valence-corrected chi connectivity index (χ1v) is 9.50. The molecule has 3 atom stereocenters. The number of carbonyl (C=O) groups excluding carboxylic acids is 3. The minimum Gasteiger partial charge on any atom is -0.445 e. The van der Waals surface area contributed by atoms with E-state index in [-0.39, 0.29) is 13.2 Å². The predicted octanol–water partition coefficient (Wildman–Crippen LogP) is 3.66. The quantitative estimate of drug-likeness (QED) is 0.806. The molecule has 0 saturated carbocycles. The number of rotatable bonds is 6. The zero-order valence-electron chi connectivity index (χ0n) is 16.4. The Morgan fingerprint density at radius 1 is 1.10 bits per heavy atom. The molecule has 7 heteroatoms. The van der Waals surface area contributed by atoms with Crippen LogP contribution in [-0.2, 0) is 20.9 Å². The van der Waals surface area contributed by atoms with E-state index in [2.05, 4.69) is 5.32 Å². The summed E-state index contributed by atoms with van der Waals surface area (Å²) in [5.74, 6) is -1.01. The van der Waals surface area contributed by atoms with Crippen LogP contribution in [0.3, 0.4) is 0 Å². The lowest BCUT2D eigenvalue weighted by atomic mass is 10.0. The van der Waals surface area contributed by atoms with Crippen LogP contribution in [0.5, 0.6) is 0 Å². The number of nitrogens with one attached hydrogen (secondary N) is 1. The summed E-state index contributed by atoms with van der Waals surface area (Å²) in [5.41, 5.74) is 1.70. The fourth-order valence-electron chi connectivity index (χ4n) is 3.18. The molecule has 0 bridgehead atoms. The van der Waals surface area contributed by atoms with Gasteiger partial charge >= 0.3 is 12.2 Å². The van der Waals surface area contributed by atoms with Crippen molar-refractivity contribution in [2.75, 3.05) is 6.54 Å². The standard InChI is InChI=1S/C22H24N2O5/c1-15(13-23-21(26)28-14-17-9-5-3-6-10-17)20(25)24-16(2)19(29-22(24)27)18-11-7-4-8-12-18/h3-12,15-16,19H,13-14H2,1-2H3,(H,23,26)/t15-,16-,19-/m0/s1. The van der Waals surface area contributed by atoms with E-state index in [9.17, 15) is 14.4 Å². The molecule has 7 nitrogen and oxygen atoms in total. The maximum atomic E-state index is 12.8. The van der Waals surface area contributed by atoms with E-state index in [4.69, 9.17) is 9.47 Å². The summed E-state index contributed by atoms with van der Waals surface area (Å²) in [4.78, 5) is 38.1. The molecule has 3 rings (SSSR count). The van der Waals surface area contributed by atoms with Crippen LogP contribution in [0.1, 0.15) is 31.1 Å². The van der Waals surface area contributed by atoms with Gasteiger partial charge in [-0.05, 0) is 18.1 Å². The van der Waals surface area contributed by atoms with Gasteiger partial charge in [0.1, 0.15) is 12.7 Å². The van der Waals surface area contributed by atoms with Gasteiger partial charge in [-0.2, -0.15) is 0 Å². The van der Waals surface area contributed by atoms with Crippen molar-refractivity contribution in [3.63, 3.8) is 0 Å². The second kappa shape index (κ2) is 9.23. The Bertz CT molecular complexity index is 856. The lowest BCUT2D eigenvalue weighted by molar-refractivity contribution is -0.132. The van der Waals surface area contributed by atoms with E-state index in [0.717, 1.165) is 16.0 Å². The highest BCUT2D eigenvalue weighted by Gasteiger charge is 2.44. The molecule has 1 N–H and O–H groups in total. The second-order valence-corrected chi connectivity index (χ2v) is 7.01. The number of hydrogen-bond donors (Lipinski definition) is 1. The largest absolute Gasteiger partial charge is 0.445 e. The number of alkyl carbamates (subject to hydrolysis) is 1. The highest BCUT2D eigenvalue weighted by Crippen LogP contribution is 2.33. The Morgan fingerprint density at radius 2 is 1.72 bits per heavy atom. The van der Waals surface area contributed by atoms with E-state index < -0.39 is 36.2 Å². The molecule has 0 unspecified atom stereocenters. The van der Waals surface area contributed by atoms with Crippen molar-refractivity contribution < 1.29 is 23.9 Å². The van der Waals surface area contributed by atoms with Crippen molar-refractivity contribution in [1.29, 1.82) is 0 Å². The van der Waals surface area contributed by atoms with Crippen molar-refractivity contribution in [2.45, 2.75) is 32.6 Å². The fraction of sp³-hybridized carbons (Fsp3) is 0.318. The highest BCUT2D eigenvalue weighted by molar-refractivity contribution is 5.95. The summed E-state index contributed by atoms with van der Waals surface area (Å²) in [6.07, 6.45) is -1.80. The van der Waals surface area contributed by atoms with Gasteiger partial charge in [0.2, 0.25) is 5.91 Å². The molecule has 1 fully saturated rings. The molecule has 2 aromatic carbocycles. The molecule has 1 heterocycles. The third kappa shape index (κ3) is 4.93. The molecule has 1 saturated heterocycles. The van der Waals surface area contributed by atoms with Crippen LogP contribution in [-0.4, -0.2) is 35.6 Å². The van der Waals surface area contributed by atoms with Gasteiger partial charge in [0.25, 0.3) is 0 Å². The van der Waals surface area contributed by atoms with Crippen molar-refractivity contribution in [1.82, 2.24) is 10.2 Å². The van der Waals surface area contributed by atoms with Crippen LogP contribution in [0, 0.1) is 5.92 Å². The first-order valence-electron chi connectivity index (χ1n) is 9.50. The van der Waals surface area contributed by atoms with Crippen LogP contribution in [0.25, 0.3) is 0 Å². The van der Waals surface area contributed by atoms with E-state index >= 15 is 0 Å². The predicted molar refractivity (Wildman–Crippen MR) is 106 cm³/mol. The van der Waals surface area contributed by atoms with Gasteiger partial charge < -0.3 is 14.8 Å². The van der Waals surface area contributed by atoms with Gasteiger partial charge in [-0.3, -0.25) is 4.79 Å². The minimum atomic E-state index is -0.671. The summed E-state index contributed by atoms with van der Waals surface area (Å²) in [6, 6.07) is 18.2. The van der Waals surface area contributed by atoms with E-state index in [1.54, 1.807) is 13.8 Å². The Morgan fingerprint density at radius 3 is 2.38 bits per heavy atom. The maximum Gasteiger partial charge on any atom is 0.417 e. The normalized spacial score (nSPS) is 19.4. The van der Waals surface area contributed by atoms with E-state index in [1.807, 2.05) is 60.7 Å². The lowest BCUT2D eigenvalue weighted by Gasteiger charge is -2.22. The SMILES string of the molecule is C[C@@H](CNC(=O)OCc1ccccc1)C(=O)N1C(=O)O[C@H](c2ccccc2)[C@@H]1C. The summed E-state index contributed by atoms with van der Waals surface area (Å²) >= 11 is 0. The van der Waals surface area contributed by atoms with Crippen molar-refractivity contribution >= 4 is 18.1 Å². The molecular weight excluding hydrogens is 372 g/mol. The summed E-state index contributed by atoms with van der Waals surface area (Å²) in [5, 5.41) is 2.57. The molecule has 29 heavy (non-hydrogen) atoms. The average molecular weight is 396 g/mol. The number of benzene rings is 2. The summed E-state index contributed by atoms with van der Waals surface area (Å²) < 4.78 is 10.5. The maximum absolute atomic E-state index is 12.8. The van der Waals surface area contributed by atoms with Crippen molar-refractivity contribution in [3.05, 3.63) is 71.8 Å². The number of imide groups is 1. The van der Waals surface area contributed by atoms with Gasteiger partial charge in [-0.1, -0.05) is 67.6 Å². The second-order valence-electron chi connectivity index (χ2n) is 7.01. The van der Waals surface area contributed by atoms with Gasteiger partial charge in [-0.15, -0.1) is 0 Å². The number of cyclic esters (lactones) is 1. The van der Waals surface area contributed by atoms with Crippen LogP contribution < -0.4 is 5.32 Å². The Kier molecular flexibility index (Phi) is 6.49. The van der Waals surface area contributed by atoms with Gasteiger partial charge in [-0.25, -0.2) is 14.5 Å². The topological polar surface area (TPSA) is 84.9 Å². The first-order chi connectivity index (χ1) is 14.0. The molecule has 0 aromatic heterocycles. The molecule has 3 amide bonds. The van der Waals surface area contributed by atoms with Gasteiger partial charge in [0, 0.05) is 6.54 Å². The number of hydrogen-bond acceptors (Lipinski definition) is 5. The molecule has 1 aliphatic heterocycles. The number of ether oxygens (including phenoxy) is 2. The molecule has 0 radical (unpaired) electrons. The average Bonchev–Trinajstić information content (AvgIpc) is 3.05. The van der Waals surface area contributed by atoms with Crippen molar-refractivity contribution in [2.24, 2.45) is 5.92 Å². The monoisotopic (exact) mass is 396 g/mol. The summed E-state index contributed by atoms with van der Waals surface area (Å²) in [6.45, 7) is 3.62. The highest BCUT2D eigenvalue weighted by atomic mass is 16.6. The fourth-order valence-corrected chi connectivity index (χ4v) is 3.18. The number of carbonyl (C=O) groups is 3. The van der Waals surface area contributed by atoms with Crippen LogP contribution in [0.2, 0.25) is 0 Å². The van der Waals surface area contributed by atoms with Crippen LogP contribution in [0.15, 0.2) is 60.7 Å². The van der Waals surface area contributed by atoms with Crippen molar-refractivity contribution in [3.8, 4) is 0 Å². The molecule has 0 spiro atoms. The number of nitrogens with zero attached hydrogens (tertiary/aromatic N) is 1. The Balaban J connectivity index is 1.51. The van der Waals surface area contributed by atoms with Crippen LogP contribution in [0.4, 0.5) is 9.59 Å². The molecule has 1 aliphatic rings. The molecule has 152 valence electrons. The third-order valence-electron chi connectivity index (χ3n) is 4.82. The molecule has 0 aliphatic carbocycles. The first kappa shape index (κ1) is 20.4.